The van der Waals surface area contributed by atoms with Gasteiger partial charge in [-0.3, -0.25) is 5.32 Å². The lowest BCUT2D eigenvalue weighted by atomic mass is 10.1. The van der Waals surface area contributed by atoms with Crippen molar-refractivity contribution < 1.29 is 17.9 Å². The Balaban J connectivity index is 1.89. The Morgan fingerprint density at radius 3 is 2.65 bits per heavy atom. The molecule has 1 aliphatic rings. The van der Waals surface area contributed by atoms with Crippen LogP contribution in [0.4, 0.5) is 13.2 Å². The highest BCUT2D eigenvalue weighted by Crippen LogP contribution is 2.31. The Labute approximate surface area is 116 Å². The zero-order valence-corrected chi connectivity index (χ0v) is 11.6. The van der Waals surface area contributed by atoms with Crippen molar-refractivity contribution in [2.24, 2.45) is 0 Å². The average molecular weight is 288 g/mol. The predicted octanol–water partition coefficient (Wildman–Crippen LogP) is 2.52. The van der Waals surface area contributed by atoms with E-state index < -0.39 is 11.7 Å². The number of benzene rings is 1. The number of halogens is 3. The van der Waals surface area contributed by atoms with Gasteiger partial charge in [-0.15, -0.1) is 0 Å². The highest BCUT2D eigenvalue weighted by molar-refractivity contribution is 5.29. The molecular formula is C14H19F3N2O. The minimum Gasteiger partial charge on any atom is -0.360 e. The van der Waals surface area contributed by atoms with Crippen LogP contribution < -0.4 is 10.6 Å². The molecule has 1 aliphatic heterocycles. The van der Waals surface area contributed by atoms with Crippen LogP contribution in [0.15, 0.2) is 24.3 Å². The standard InChI is InChI=1S/C14H19F3N2O/c1-13(2)19-11(9-20-13)8-18-7-10-5-3-4-6-12(10)14(15,16)17/h3-6,11,18-19H,7-9H2,1-2H3. The Bertz CT molecular complexity index is 460. The summed E-state index contributed by atoms with van der Waals surface area (Å²) in [7, 11) is 0. The van der Waals surface area contributed by atoms with E-state index in [-0.39, 0.29) is 23.9 Å². The lowest BCUT2D eigenvalue weighted by Gasteiger charge is -2.18. The number of ether oxygens (including phenoxy) is 1. The lowest BCUT2D eigenvalue weighted by Crippen LogP contribution is -2.43. The van der Waals surface area contributed by atoms with Crippen molar-refractivity contribution in [3.05, 3.63) is 35.4 Å². The summed E-state index contributed by atoms with van der Waals surface area (Å²) in [5.41, 5.74) is -0.683. The molecule has 1 fully saturated rings. The minimum atomic E-state index is -4.31. The van der Waals surface area contributed by atoms with E-state index in [0.29, 0.717) is 13.2 Å². The van der Waals surface area contributed by atoms with Crippen molar-refractivity contribution in [3.8, 4) is 0 Å². The van der Waals surface area contributed by atoms with Crippen molar-refractivity contribution in [1.82, 2.24) is 10.6 Å². The van der Waals surface area contributed by atoms with E-state index in [1.165, 1.54) is 12.1 Å². The molecule has 1 unspecified atom stereocenters. The van der Waals surface area contributed by atoms with Gasteiger partial charge in [0.25, 0.3) is 0 Å². The van der Waals surface area contributed by atoms with E-state index in [0.717, 1.165) is 6.07 Å². The fourth-order valence-electron chi connectivity index (χ4n) is 2.33. The summed E-state index contributed by atoms with van der Waals surface area (Å²) in [6, 6.07) is 5.74. The summed E-state index contributed by atoms with van der Waals surface area (Å²) in [5.74, 6) is 0. The lowest BCUT2D eigenvalue weighted by molar-refractivity contribution is -0.138. The van der Waals surface area contributed by atoms with Gasteiger partial charge in [-0.05, 0) is 25.5 Å². The third kappa shape index (κ3) is 3.94. The van der Waals surface area contributed by atoms with Crippen molar-refractivity contribution in [3.63, 3.8) is 0 Å². The first-order chi connectivity index (χ1) is 9.28. The number of hydrogen-bond acceptors (Lipinski definition) is 3. The van der Waals surface area contributed by atoms with E-state index in [9.17, 15) is 13.2 Å². The van der Waals surface area contributed by atoms with E-state index >= 15 is 0 Å². The monoisotopic (exact) mass is 288 g/mol. The quantitative estimate of drug-likeness (QED) is 0.893. The second-order valence-corrected chi connectivity index (χ2v) is 5.45. The molecule has 112 valence electrons. The largest absolute Gasteiger partial charge is 0.416 e. The second-order valence-electron chi connectivity index (χ2n) is 5.45. The van der Waals surface area contributed by atoms with E-state index in [2.05, 4.69) is 10.6 Å². The van der Waals surface area contributed by atoms with Gasteiger partial charge in [-0.25, -0.2) is 0 Å². The van der Waals surface area contributed by atoms with Crippen LogP contribution in [0.25, 0.3) is 0 Å². The minimum absolute atomic E-state index is 0.114. The van der Waals surface area contributed by atoms with Gasteiger partial charge in [0.05, 0.1) is 12.2 Å². The zero-order valence-electron chi connectivity index (χ0n) is 11.6. The van der Waals surface area contributed by atoms with Gasteiger partial charge >= 0.3 is 6.18 Å². The van der Waals surface area contributed by atoms with Gasteiger partial charge in [-0.2, -0.15) is 13.2 Å². The molecule has 1 atom stereocenters. The summed E-state index contributed by atoms with van der Waals surface area (Å²) >= 11 is 0. The van der Waals surface area contributed by atoms with Gasteiger partial charge in [0.15, 0.2) is 0 Å². The molecule has 3 nitrogen and oxygen atoms in total. The molecule has 0 radical (unpaired) electrons. The number of alkyl halides is 3. The van der Waals surface area contributed by atoms with Crippen LogP contribution in [0.2, 0.25) is 0 Å². The maximum Gasteiger partial charge on any atom is 0.416 e. The maximum atomic E-state index is 12.8. The summed E-state index contributed by atoms with van der Waals surface area (Å²) in [4.78, 5) is 0. The Kier molecular flexibility index (Phi) is 4.36. The molecule has 0 amide bonds. The molecule has 2 rings (SSSR count). The van der Waals surface area contributed by atoms with Crippen LogP contribution in [0, 0.1) is 0 Å². The molecule has 0 spiro atoms. The van der Waals surface area contributed by atoms with Gasteiger partial charge in [0.2, 0.25) is 0 Å². The van der Waals surface area contributed by atoms with Crippen molar-refractivity contribution >= 4 is 0 Å². The van der Waals surface area contributed by atoms with E-state index in [1.807, 2.05) is 13.8 Å². The summed E-state index contributed by atoms with van der Waals surface area (Å²) in [5, 5.41) is 6.31. The average Bonchev–Trinajstić information content (AvgIpc) is 2.68. The van der Waals surface area contributed by atoms with Crippen LogP contribution in [0.1, 0.15) is 25.0 Å². The van der Waals surface area contributed by atoms with Crippen LogP contribution in [0.3, 0.4) is 0 Å². The van der Waals surface area contributed by atoms with Gasteiger partial charge in [0.1, 0.15) is 5.72 Å². The number of nitrogens with one attached hydrogen (secondary N) is 2. The molecule has 0 aromatic heterocycles. The molecule has 1 saturated heterocycles. The van der Waals surface area contributed by atoms with E-state index in [1.54, 1.807) is 6.07 Å². The first-order valence-corrected chi connectivity index (χ1v) is 6.55. The van der Waals surface area contributed by atoms with Crippen LogP contribution in [0.5, 0.6) is 0 Å². The zero-order chi connectivity index (χ0) is 14.8. The number of hydrogen-bond donors (Lipinski definition) is 2. The van der Waals surface area contributed by atoms with Crippen LogP contribution in [-0.2, 0) is 17.5 Å². The molecule has 6 heteroatoms. The summed E-state index contributed by atoms with van der Waals surface area (Å²) in [6.45, 7) is 5.16. The number of rotatable bonds is 4. The van der Waals surface area contributed by atoms with Gasteiger partial charge in [0, 0.05) is 19.1 Å². The molecule has 0 saturated carbocycles. The predicted molar refractivity (Wildman–Crippen MR) is 70.1 cm³/mol. The third-order valence-electron chi connectivity index (χ3n) is 3.23. The fraction of sp³-hybridized carbons (Fsp3) is 0.571. The third-order valence-corrected chi connectivity index (χ3v) is 3.23. The molecule has 20 heavy (non-hydrogen) atoms. The topological polar surface area (TPSA) is 33.3 Å². The van der Waals surface area contributed by atoms with Crippen molar-refractivity contribution in [2.75, 3.05) is 13.2 Å². The molecule has 1 aromatic rings. The van der Waals surface area contributed by atoms with Crippen molar-refractivity contribution in [1.29, 1.82) is 0 Å². The van der Waals surface area contributed by atoms with Crippen LogP contribution >= 0.6 is 0 Å². The molecule has 0 bridgehead atoms. The first-order valence-electron chi connectivity index (χ1n) is 6.55. The Morgan fingerprint density at radius 2 is 2.05 bits per heavy atom. The fourth-order valence-corrected chi connectivity index (χ4v) is 2.33. The van der Waals surface area contributed by atoms with Gasteiger partial charge in [-0.1, -0.05) is 18.2 Å². The normalized spacial score (nSPS) is 22.1. The SMILES string of the molecule is CC1(C)NC(CNCc2ccccc2C(F)(F)F)CO1. The first kappa shape index (κ1) is 15.3. The Hall–Kier alpha value is -1.11. The summed E-state index contributed by atoms with van der Waals surface area (Å²) in [6.07, 6.45) is -4.31. The molecule has 1 heterocycles. The highest BCUT2D eigenvalue weighted by atomic mass is 19.4. The van der Waals surface area contributed by atoms with Crippen molar-refractivity contribution in [2.45, 2.75) is 38.3 Å². The summed E-state index contributed by atoms with van der Waals surface area (Å²) < 4.78 is 44.0. The van der Waals surface area contributed by atoms with Crippen LogP contribution in [-0.4, -0.2) is 24.9 Å². The second kappa shape index (κ2) is 5.71. The molecule has 1 aromatic carbocycles. The smallest absolute Gasteiger partial charge is 0.360 e. The highest BCUT2D eigenvalue weighted by Gasteiger charge is 2.33. The maximum absolute atomic E-state index is 12.8. The molecule has 0 aliphatic carbocycles. The van der Waals surface area contributed by atoms with Gasteiger partial charge < -0.3 is 10.1 Å². The molecular weight excluding hydrogens is 269 g/mol. The Morgan fingerprint density at radius 1 is 1.35 bits per heavy atom. The molecule has 2 N–H and O–H groups in total. The van der Waals surface area contributed by atoms with E-state index in [4.69, 9.17) is 4.74 Å².